The molecule has 1 aliphatic carbocycles. The number of hydrogen-bond acceptors (Lipinski definition) is 4. The Balaban J connectivity index is 1.84. The quantitative estimate of drug-likeness (QED) is 0.861. The first-order valence-electron chi connectivity index (χ1n) is 8.12. The highest BCUT2D eigenvalue weighted by atomic mass is 19.3. The van der Waals surface area contributed by atoms with Gasteiger partial charge < -0.3 is 14.6 Å². The number of alkyl halides is 2. The molecule has 2 heterocycles. The molecule has 1 fully saturated rings. The lowest BCUT2D eigenvalue weighted by Crippen LogP contribution is -2.31. The number of carbonyl (C=O) groups is 1. The predicted molar refractivity (Wildman–Crippen MR) is 89.4 cm³/mol. The number of carbonyl (C=O) groups excluding carboxylic acids is 1. The lowest BCUT2D eigenvalue weighted by molar-refractivity contribution is -0.123. The van der Waals surface area contributed by atoms with Gasteiger partial charge in [0.2, 0.25) is 17.7 Å². The van der Waals surface area contributed by atoms with Gasteiger partial charge in [-0.05, 0) is 18.9 Å². The summed E-state index contributed by atoms with van der Waals surface area (Å²) in [5.41, 5.74) is 1.28. The van der Waals surface area contributed by atoms with Crippen molar-refractivity contribution in [3.63, 3.8) is 0 Å². The van der Waals surface area contributed by atoms with Crippen LogP contribution in [-0.4, -0.2) is 51.9 Å². The third-order valence-corrected chi connectivity index (χ3v) is 4.25. The van der Waals surface area contributed by atoms with Gasteiger partial charge in [0.1, 0.15) is 18.1 Å². The molecule has 134 valence electrons. The fraction of sp³-hybridized carbons (Fsp3) is 0.471. The van der Waals surface area contributed by atoms with Crippen LogP contribution in [0, 0.1) is 0 Å². The molecule has 0 bridgehead atoms. The number of rotatable bonds is 4. The maximum Gasteiger partial charge on any atom is 0.248 e. The summed E-state index contributed by atoms with van der Waals surface area (Å²) in [6.07, 6.45) is 6.09. The molecule has 3 rings (SSSR count). The van der Waals surface area contributed by atoms with E-state index in [2.05, 4.69) is 15.0 Å². The Morgan fingerprint density at radius 1 is 1.36 bits per heavy atom. The molecule has 8 heteroatoms. The Hall–Kier alpha value is -2.51. The molecule has 0 unspecified atom stereocenters. The molecule has 0 saturated heterocycles. The van der Waals surface area contributed by atoms with Gasteiger partial charge in [0.05, 0.1) is 5.39 Å². The van der Waals surface area contributed by atoms with Crippen LogP contribution >= 0.6 is 0 Å². The summed E-state index contributed by atoms with van der Waals surface area (Å²) in [6, 6.07) is 0. The number of nitrogens with one attached hydrogen (secondary N) is 1. The maximum atomic E-state index is 13.3. The molecule has 2 aromatic heterocycles. The Kier molecular flexibility index (Phi) is 4.69. The van der Waals surface area contributed by atoms with Crippen LogP contribution < -0.4 is 4.74 Å². The summed E-state index contributed by atoms with van der Waals surface area (Å²) < 4.78 is 32.5. The van der Waals surface area contributed by atoms with Crippen LogP contribution in [0.25, 0.3) is 17.1 Å². The minimum atomic E-state index is -2.60. The first-order chi connectivity index (χ1) is 11.9. The molecule has 1 saturated carbocycles. The van der Waals surface area contributed by atoms with E-state index in [1.54, 1.807) is 26.4 Å². The molecule has 1 amide bonds. The van der Waals surface area contributed by atoms with E-state index in [0.717, 1.165) is 0 Å². The fourth-order valence-electron chi connectivity index (χ4n) is 2.78. The highest BCUT2D eigenvalue weighted by molar-refractivity contribution is 5.96. The third-order valence-electron chi connectivity index (χ3n) is 4.25. The summed E-state index contributed by atoms with van der Waals surface area (Å²) in [6.45, 7) is 0. The molecular weight excluding hydrogens is 330 g/mol. The monoisotopic (exact) mass is 350 g/mol. The van der Waals surface area contributed by atoms with Crippen LogP contribution in [-0.2, 0) is 4.79 Å². The van der Waals surface area contributed by atoms with Gasteiger partial charge in [-0.25, -0.2) is 18.7 Å². The number of fused-ring (bicyclic) bond motifs is 1. The van der Waals surface area contributed by atoms with Crippen molar-refractivity contribution < 1.29 is 18.3 Å². The van der Waals surface area contributed by atoms with Gasteiger partial charge in [0.25, 0.3) is 0 Å². The molecule has 0 aliphatic heterocycles. The zero-order valence-corrected chi connectivity index (χ0v) is 14.1. The van der Waals surface area contributed by atoms with Gasteiger partial charge in [-0.2, -0.15) is 0 Å². The molecule has 0 spiro atoms. The maximum absolute atomic E-state index is 13.3. The van der Waals surface area contributed by atoms with Crippen LogP contribution in [0.15, 0.2) is 18.6 Å². The number of aromatic amines is 1. The largest absolute Gasteiger partial charge is 0.474 e. The van der Waals surface area contributed by atoms with Crippen molar-refractivity contribution in [1.29, 1.82) is 0 Å². The molecule has 1 aliphatic rings. The highest BCUT2D eigenvalue weighted by Crippen LogP contribution is 2.36. The van der Waals surface area contributed by atoms with Crippen molar-refractivity contribution in [2.24, 2.45) is 0 Å². The summed E-state index contributed by atoms with van der Waals surface area (Å²) >= 11 is 0. The van der Waals surface area contributed by atoms with Crippen molar-refractivity contribution in [3.8, 4) is 5.88 Å². The molecule has 6 nitrogen and oxygen atoms in total. The van der Waals surface area contributed by atoms with Crippen LogP contribution in [0.4, 0.5) is 8.78 Å². The van der Waals surface area contributed by atoms with E-state index in [-0.39, 0.29) is 37.7 Å². The Morgan fingerprint density at radius 3 is 2.76 bits per heavy atom. The number of H-pyrrole nitrogens is 1. The van der Waals surface area contributed by atoms with E-state index in [4.69, 9.17) is 4.74 Å². The lowest BCUT2D eigenvalue weighted by atomic mass is 9.94. The summed E-state index contributed by atoms with van der Waals surface area (Å²) in [5, 5.41) is 0.641. The second-order valence-electron chi connectivity index (χ2n) is 6.39. The number of halogens is 2. The zero-order valence-electron chi connectivity index (χ0n) is 14.1. The average molecular weight is 350 g/mol. The van der Waals surface area contributed by atoms with Gasteiger partial charge in [0, 0.05) is 44.8 Å². The van der Waals surface area contributed by atoms with E-state index in [1.807, 2.05) is 0 Å². The number of aromatic nitrogens is 3. The Labute approximate surface area is 143 Å². The van der Waals surface area contributed by atoms with Crippen LogP contribution in [0.5, 0.6) is 5.88 Å². The van der Waals surface area contributed by atoms with Gasteiger partial charge in [-0.3, -0.25) is 4.79 Å². The second-order valence-corrected chi connectivity index (χ2v) is 6.39. The predicted octanol–water partition coefficient (Wildman–Crippen LogP) is 3.02. The van der Waals surface area contributed by atoms with Gasteiger partial charge in [-0.15, -0.1) is 0 Å². The van der Waals surface area contributed by atoms with E-state index in [9.17, 15) is 13.6 Å². The number of amides is 1. The standard InChI is InChI=1S/C17H20F2N4O2/c1-23(2)13(24)4-3-11-9-20-15-14(11)16(22-10-21-15)25-12-5-7-17(18,19)8-6-12/h3-4,9-10,12H,5-8H2,1-2H3,(H,20,21,22)/b4-3+. The third kappa shape index (κ3) is 3.94. The first-order valence-corrected chi connectivity index (χ1v) is 8.12. The summed E-state index contributed by atoms with van der Waals surface area (Å²) in [7, 11) is 3.33. The zero-order chi connectivity index (χ0) is 18.0. The van der Waals surface area contributed by atoms with Crippen molar-refractivity contribution in [1.82, 2.24) is 19.9 Å². The SMILES string of the molecule is CN(C)C(=O)/C=C/c1c[nH]c2ncnc(OC3CCC(F)(F)CC3)c12. The van der Waals surface area contributed by atoms with Gasteiger partial charge in [0.15, 0.2) is 0 Å². The van der Waals surface area contributed by atoms with Crippen molar-refractivity contribution >= 4 is 23.0 Å². The number of hydrogen-bond donors (Lipinski definition) is 1. The number of likely N-dealkylation sites (N-methyl/N-ethyl adjacent to an activating group) is 1. The minimum absolute atomic E-state index is 0.150. The topological polar surface area (TPSA) is 71.1 Å². The van der Waals surface area contributed by atoms with Crippen molar-refractivity contribution in [2.45, 2.75) is 37.7 Å². The normalized spacial score (nSPS) is 17.9. The summed E-state index contributed by atoms with van der Waals surface area (Å²) in [5.74, 6) is -2.41. The lowest BCUT2D eigenvalue weighted by Gasteiger charge is -2.28. The minimum Gasteiger partial charge on any atom is -0.474 e. The molecular formula is C17H20F2N4O2. The molecule has 1 N–H and O–H groups in total. The van der Waals surface area contributed by atoms with Crippen LogP contribution in [0.1, 0.15) is 31.2 Å². The van der Waals surface area contributed by atoms with Crippen molar-refractivity contribution in [2.75, 3.05) is 14.1 Å². The molecule has 0 radical (unpaired) electrons. The smallest absolute Gasteiger partial charge is 0.248 e. The highest BCUT2D eigenvalue weighted by Gasteiger charge is 2.36. The summed E-state index contributed by atoms with van der Waals surface area (Å²) in [4.78, 5) is 24.5. The van der Waals surface area contributed by atoms with Gasteiger partial charge in [-0.1, -0.05) is 0 Å². The van der Waals surface area contributed by atoms with Crippen molar-refractivity contribution in [3.05, 3.63) is 24.2 Å². The van der Waals surface area contributed by atoms with Crippen LogP contribution in [0.3, 0.4) is 0 Å². The first kappa shape index (κ1) is 17.3. The molecule has 25 heavy (non-hydrogen) atoms. The number of nitrogens with zero attached hydrogens (tertiary/aromatic N) is 3. The molecule has 2 aromatic rings. The Bertz CT molecular complexity index is 791. The molecule has 0 aromatic carbocycles. The van der Waals surface area contributed by atoms with E-state index in [1.165, 1.54) is 17.3 Å². The Morgan fingerprint density at radius 2 is 2.08 bits per heavy atom. The van der Waals surface area contributed by atoms with Gasteiger partial charge >= 0.3 is 0 Å². The van der Waals surface area contributed by atoms with Crippen LogP contribution in [0.2, 0.25) is 0 Å². The van der Waals surface area contributed by atoms with E-state index < -0.39 is 5.92 Å². The fourth-order valence-corrected chi connectivity index (χ4v) is 2.78. The number of ether oxygens (including phenoxy) is 1. The molecule has 0 atom stereocenters. The second kappa shape index (κ2) is 6.78. The average Bonchev–Trinajstić information content (AvgIpc) is 2.98. The van der Waals surface area contributed by atoms with E-state index in [0.29, 0.717) is 22.5 Å². The van der Waals surface area contributed by atoms with E-state index >= 15 is 0 Å².